The van der Waals surface area contributed by atoms with Crippen molar-refractivity contribution < 1.29 is 22.7 Å². The van der Waals surface area contributed by atoms with Crippen LogP contribution in [0, 0.1) is 5.92 Å². The number of benzene rings is 1. The highest BCUT2D eigenvalue weighted by Crippen LogP contribution is 2.33. The molecule has 2 saturated heterocycles. The Balaban J connectivity index is 1.69. The highest BCUT2D eigenvalue weighted by molar-refractivity contribution is 5.84. The van der Waals surface area contributed by atoms with Gasteiger partial charge < -0.3 is 10.1 Å². The maximum absolute atomic E-state index is 12.4. The van der Waals surface area contributed by atoms with Crippen LogP contribution in [0.15, 0.2) is 24.3 Å². The van der Waals surface area contributed by atoms with Crippen molar-refractivity contribution in [2.45, 2.75) is 50.6 Å². The lowest BCUT2D eigenvalue weighted by atomic mass is 9.86. The van der Waals surface area contributed by atoms with E-state index >= 15 is 0 Å². The molecule has 0 saturated carbocycles. The molecule has 2 unspecified atom stereocenters. The van der Waals surface area contributed by atoms with E-state index in [-0.39, 0.29) is 23.9 Å². The summed E-state index contributed by atoms with van der Waals surface area (Å²) in [5, 5.41) is 3.46. The van der Waals surface area contributed by atoms with E-state index in [2.05, 4.69) is 10.1 Å². The topological polar surface area (TPSA) is 38.3 Å². The number of alkyl halides is 3. The summed E-state index contributed by atoms with van der Waals surface area (Å²) < 4.78 is 41.2. The minimum atomic E-state index is -4.74. The predicted octanol–water partition coefficient (Wildman–Crippen LogP) is 3.23. The number of piperidine rings is 1. The van der Waals surface area contributed by atoms with Crippen molar-refractivity contribution in [1.82, 2.24) is 5.32 Å². The molecule has 3 nitrogen and oxygen atoms in total. The average Bonchev–Trinajstić information content (AvgIpc) is 2.78. The van der Waals surface area contributed by atoms with E-state index in [1.807, 2.05) is 0 Å². The molecule has 2 heterocycles. The summed E-state index contributed by atoms with van der Waals surface area (Å²) in [4.78, 5) is 12.4. The number of ketones is 1. The van der Waals surface area contributed by atoms with Gasteiger partial charge in [0.05, 0.1) is 0 Å². The van der Waals surface area contributed by atoms with E-state index in [0.29, 0.717) is 17.6 Å². The molecule has 1 aromatic rings. The SMILES string of the molecule is O=C(Cc1ccccc1OC(F)(F)F)C1CC2CCC(C1)N2. The molecule has 2 bridgehead atoms. The summed E-state index contributed by atoms with van der Waals surface area (Å²) >= 11 is 0. The number of carbonyl (C=O) groups excluding carboxylic acids is 1. The van der Waals surface area contributed by atoms with Crippen LogP contribution in [0.25, 0.3) is 0 Å². The molecular formula is C16H18F3NO2. The van der Waals surface area contributed by atoms with E-state index in [9.17, 15) is 18.0 Å². The van der Waals surface area contributed by atoms with Crippen LogP contribution in [-0.2, 0) is 11.2 Å². The average molecular weight is 313 g/mol. The molecule has 2 atom stereocenters. The minimum Gasteiger partial charge on any atom is -0.405 e. The van der Waals surface area contributed by atoms with E-state index < -0.39 is 6.36 Å². The zero-order valence-corrected chi connectivity index (χ0v) is 12.0. The normalized spacial score (nSPS) is 27.7. The van der Waals surface area contributed by atoms with E-state index in [0.717, 1.165) is 25.7 Å². The predicted molar refractivity (Wildman–Crippen MR) is 74.5 cm³/mol. The van der Waals surface area contributed by atoms with Gasteiger partial charge in [-0.1, -0.05) is 18.2 Å². The van der Waals surface area contributed by atoms with Crippen molar-refractivity contribution >= 4 is 5.78 Å². The molecule has 120 valence electrons. The number of Topliss-reactive ketones (excluding diaryl/α,β-unsaturated/α-hetero) is 1. The summed E-state index contributed by atoms with van der Waals surface area (Å²) in [5.41, 5.74) is 0.302. The van der Waals surface area contributed by atoms with Gasteiger partial charge in [0.25, 0.3) is 0 Å². The maximum atomic E-state index is 12.4. The molecule has 1 N–H and O–H groups in total. The number of hydrogen-bond acceptors (Lipinski definition) is 3. The molecule has 3 rings (SSSR count). The van der Waals surface area contributed by atoms with Gasteiger partial charge in [-0.15, -0.1) is 13.2 Å². The molecule has 0 amide bonds. The Bertz CT molecular complexity index is 547. The van der Waals surface area contributed by atoms with E-state index in [1.165, 1.54) is 18.2 Å². The first kappa shape index (κ1) is 15.3. The third-order valence-corrected chi connectivity index (χ3v) is 4.49. The quantitative estimate of drug-likeness (QED) is 0.927. The standard InChI is InChI=1S/C16H18F3NO2/c17-16(18,19)22-15-4-2-1-3-10(15)9-14(21)11-7-12-5-6-13(8-11)20-12/h1-4,11-13,20H,5-9H2. The van der Waals surface area contributed by atoms with Gasteiger partial charge in [0.2, 0.25) is 0 Å². The fraction of sp³-hybridized carbons (Fsp3) is 0.562. The highest BCUT2D eigenvalue weighted by Gasteiger charge is 2.37. The Morgan fingerprint density at radius 3 is 2.45 bits per heavy atom. The van der Waals surface area contributed by atoms with Crippen LogP contribution in [-0.4, -0.2) is 24.2 Å². The number of halogens is 3. The maximum Gasteiger partial charge on any atom is 0.573 e. The van der Waals surface area contributed by atoms with E-state index in [4.69, 9.17) is 0 Å². The number of carbonyl (C=O) groups is 1. The Hall–Kier alpha value is -1.56. The number of rotatable bonds is 4. The molecule has 0 spiro atoms. The second kappa shape index (κ2) is 5.91. The molecule has 2 aliphatic heterocycles. The zero-order valence-electron chi connectivity index (χ0n) is 12.0. The first-order valence-electron chi connectivity index (χ1n) is 7.53. The Kier molecular flexibility index (Phi) is 4.12. The Morgan fingerprint density at radius 2 is 1.82 bits per heavy atom. The summed E-state index contributed by atoms with van der Waals surface area (Å²) in [6.45, 7) is 0. The van der Waals surface area contributed by atoms with Gasteiger partial charge in [0.1, 0.15) is 11.5 Å². The highest BCUT2D eigenvalue weighted by atomic mass is 19.4. The summed E-state index contributed by atoms with van der Waals surface area (Å²) in [7, 11) is 0. The van der Waals surface area contributed by atoms with Crippen LogP contribution in [0.2, 0.25) is 0 Å². The molecule has 0 aromatic heterocycles. The monoisotopic (exact) mass is 313 g/mol. The lowest BCUT2D eigenvalue weighted by molar-refractivity contribution is -0.274. The largest absolute Gasteiger partial charge is 0.573 e. The third-order valence-electron chi connectivity index (χ3n) is 4.49. The smallest absolute Gasteiger partial charge is 0.405 e. The van der Waals surface area contributed by atoms with Crippen molar-refractivity contribution in [3.8, 4) is 5.75 Å². The first-order valence-corrected chi connectivity index (χ1v) is 7.53. The molecule has 0 radical (unpaired) electrons. The fourth-order valence-corrected chi connectivity index (χ4v) is 3.53. The number of ether oxygens (including phenoxy) is 1. The molecule has 1 aromatic carbocycles. The van der Waals surface area contributed by atoms with Gasteiger partial charge in [-0.2, -0.15) is 0 Å². The van der Waals surface area contributed by atoms with Crippen molar-refractivity contribution in [3.05, 3.63) is 29.8 Å². The summed E-state index contributed by atoms with van der Waals surface area (Å²) in [6.07, 6.45) is -0.997. The van der Waals surface area contributed by atoms with Crippen LogP contribution in [0.3, 0.4) is 0 Å². The second-order valence-electron chi connectivity index (χ2n) is 6.10. The van der Waals surface area contributed by atoms with Crippen LogP contribution >= 0.6 is 0 Å². The molecule has 0 aliphatic carbocycles. The summed E-state index contributed by atoms with van der Waals surface area (Å²) in [5.74, 6) is -0.324. The van der Waals surface area contributed by atoms with Gasteiger partial charge in [-0.25, -0.2) is 0 Å². The molecule has 2 aliphatic rings. The Labute approximate surface area is 126 Å². The van der Waals surface area contributed by atoms with Crippen LogP contribution in [0.5, 0.6) is 5.75 Å². The molecule has 6 heteroatoms. The first-order chi connectivity index (χ1) is 10.4. The fourth-order valence-electron chi connectivity index (χ4n) is 3.53. The van der Waals surface area contributed by atoms with Gasteiger partial charge in [-0.05, 0) is 31.7 Å². The number of nitrogens with one attached hydrogen (secondary N) is 1. The number of fused-ring (bicyclic) bond motifs is 2. The zero-order chi connectivity index (χ0) is 15.7. The number of para-hydroxylation sites is 1. The lowest BCUT2D eigenvalue weighted by Crippen LogP contribution is -2.40. The van der Waals surface area contributed by atoms with Crippen LogP contribution in [0.1, 0.15) is 31.2 Å². The van der Waals surface area contributed by atoms with Gasteiger partial charge in [0, 0.05) is 30.0 Å². The summed E-state index contributed by atoms with van der Waals surface area (Å²) in [6, 6.07) is 6.64. The number of hydrogen-bond donors (Lipinski definition) is 1. The van der Waals surface area contributed by atoms with Gasteiger partial charge in [0.15, 0.2) is 0 Å². The van der Waals surface area contributed by atoms with Crippen molar-refractivity contribution in [2.75, 3.05) is 0 Å². The third kappa shape index (κ3) is 3.61. The van der Waals surface area contributed by atoms with Crippen LogP contribution < -0.4 is 10.1 Å². The second-order valence-corrected chi connectivity index (χ2v) is 6.10. The Morgan fingerprint density at radius 1 is 1.18 bits per heavy atom. The minimum absolute atomic E-state index is 0.00361. The van der Waals surface area contributed by atoms with Crippen molar-refractivity contribution in [2.24, 2.45) is 5.92 Å². The van der Waals surface area contributed by atoms with Crippen LogP contribution in [0.4, 0.5) is 13.2 Å². The van der Waals surface area contributed by atoms with E-state index in [1.54, 1.807) is 6.07 Å². The molecule has 22 heavy (non-hydrogen) atoms. The van der Waals surface area contributed by atoms with Crippen molar-refractivity contribution in [1.29, 1.82) is 0 Å². The van der Waals surface area contributed by atoms with Crippen molar-refractivity contribution in [3.63, 3.8) is 0 Å². The lowest BCUT2D eigenvalue weighted by Gasteiger charge is -2.28. The molecule has 2 fully saturated rings. The van der Waals surface area contributed by atoms with Gasteiger partial charge in [-0.3, -0.25) is 4.79 Å². The molecular weight excluding hydrogens is 295 g/mol. The van der Waals surface area contributed by atoms with Gasteiger partial charge >= 0.3 is 6.36 Å².